The van der Waals surface area contributed by atoms with Crippen LogP contribution in [-0.4, -0.2) is 25.1 Å². The number of aromatic hydroxyl groups is 1. The molecule has 0 atom stereocenters. The minimum absolute atomic E-state index is 0.0440. The zero-order chi connectivity index (χ0) is 16.4. The number of allylic oxidation sites excluding steroid dienone is 1. The first-order valence-electron chi connectivity index (χ1n) is 7.42. The van der Waals surface area contributed by atoms with Crippen molar-refractivity contribution in [3.05, 3.63) is 58.7 Å². The normalized spacial score (nSPS) is 15.4. The van der Waals surface area contributed by atoms with Gasteiger partial charge in [-0.2, -0.15) is 0 Å². The summed E-state index contributed by atoms with van der Waals surface area (Å²) in [4.78, 5) is 12.6. The molecule has 1 aliphatic rings. The van der Waals surface area contributed by atoms with Crippen molar-refractivity contribution in [2.75, 3.05) is 14.2 Å². The maximum Gasteiger partial charge on any atom is 0.200 e. The minimum Gasteiger partial charge on any atom is -0.502 e. The largest absolute Gasteiger partial charge is 0.502 e. The van der Waals surface area contributed by atoms with Crippen LogP contribution in [0.5, 0.6) is 17.2 Å². The van der Waals surface area contributed by atoms with Crippen LogP contribution in [0.1, 0.15) is 27.9 Å². The molecule has 2 aromatic rings. The van der Waals surface area contributed by atoms with Gasteiger partial charge in [-0.05, 0) is 42.2 Å². The molecule has 0 heterocycles. The molecule has 1 aliphatic carbocycles. The lowest BCUT2D eigenvalue weighted by atomic mass is 9.86. The summed E-state index contributed by atoms with van der Waals surface area (Å²) < 4.78 is 10.3. The lowest BCUT2D eigenvalue weighted by molar-refractivity contribution is 0.102. The molecule has 0 unspecified atom stereocenters. The first kappa shape index (κ1) is 15.2. The van der Waals surface area contributed by atoms with Crippen LogP contribution in [0.4, 0.5) is 0 Å². The SMILES string of the molecule is COc1cc(/C=C2/CCc3ccccc3C2=O)cc(OC)c1O. The molecular formula is C19H18O4. The van der Waals surface area contributed by atoms with Gasteiger partial charge in [-0.15, -0.1) is 0 Å². The van der Waals surface area contributed by atoms with Crippen LogP contribution >= 0.6 is 0 Å². The molecule has 0 saturated heterocycles. The maximum absolute atomic E-state index is 12.6. The number of rotatable bonds is 3. The van der Waals surface area contributed by atoms with Gasteiger partial charge >= 0.3 is 0 Å². The van der Waals surface area contributed by atoms with Crippen LogP contribution in [0, 0.1) is 0 Å². The van der Waals surface area contributed by atoms with E-state index in [0.29, 0.717) is 17.9 Å². The van der Waals surface area contributed by atoms with Gasteiger partial charge in [-0.1, -0.05) is 24.3 Å². The molecule has 2 aromatic carbocycles. The first-order chi connectivity index (χ1) is 11.1. The monoisotopic (exact) mass is 310 g/mol. The molecule has 0 aromatic heterocycles. The lowest BCUT2D eigenvalue weighted by Crippen LogP contribution is -2.13. The lowest BCUT2D eigenvalue weighted by Gasteiger charge is -2.17. The number of phenolic OH excluding ortho intramolecular Hbond substituents is 1. The Hall–Kier alpha value is -2.75. The fourth-order valence-corrected chi connectivity index (χ4v) is 2.85. The molecule has 0 radical (unpaired) electrons. The van der Waals surface area contributed by atoms with Crippen LogP contribution in [0.25, 0.3) is 6.08 Å². The number of ketones is 1. The van der Waals surface area contributed by atoms with E-state index in [1.165, 1.54) is 14.2 Å². The van der Waals surface area contributed by atoms with E-state index in [1.54, 1.807) is 12.1 Å². The Balaban J connectivity index is 2.01. The predicted molar refractivity (Wildman–Crippen MR) is 88.3 cm³/mol. The fourth-order valence-electron chi connectivity index (χ4n) is 2.85. The zero-order valence-electron chi connectivity index (χ0n) is 13.1. The van der Waals surface area contributed by atoms with E-state index in [-0.39, 0.29) is 11.5 Å². The topological polar surface area (TPSA) is 55.8 Å². The van der Waals surface area contributed by atoms with E-state index in [4.69, 9.17) is 9.47 Å². The van der Waals surface area contributed by atoms with E-state index in [1.807, 2.05) is 30.3 Å². The molecule has 1 N–H and O–H groups in total. The summed E-state index contributed by atoms with van der Waals surface area (Å²) in [6.07, 6.45) is 3.38. The number of aryl methyl sites for hydroxylation is 1. The smallest absolute Gasteiger partial charge is 0.200 e. The predicted octanol–water partition coefficient (Wildman–Crippen LogP) is 3.62. The molecule has 3 rings (SSSR count). The van der Waals surface area contributed by atoms with E-state index < -0.39 is 0 Å². The number of fused-ring (bicyclic) bond motifs is 1. The Bertz CT molecular complexity index is 765. The second-order valence-electron chi connectivity index (χ2n) is 5.43. The van der Waals surface area contributed by atoms with Gasteiger partial charge in [0, 0.05) is 11.1 Å². The van der Waals surface area contributed by atoms with Gasteiger partial charge in [-0.25, -0.2) is 0 Å². The van der Waals surface area contributed by atoms with Gasteiger partial charge in [0.1, 0.15) is 0 Å². The molecule has 0 bridgehead atoms. The molecule has 23 heavy (non-hydrogen) atoms. The van der Waals surface area contributed by atoms with Gasteiger partial charge in [0.25, 0.3) is 0 Å². The molecule has 4 heteroatoms. The second kappa shape index (κ2) is 6.16. The van der Waals surface area contributed by atoms with Crippen molar-refractivity contribution in [2.24, 2.45) is 0 Å². The average Bonchev–Trinajstić information content (AvgIpc) is 2.59. The second-order valence-corrected chi connectivity index (χ2v) is 5.43. The number of hydrogen-bond donors (Lipinski definition) is 1. The molecule has 118 valence electrons. The average molecular weight is 310 g/mol. The quantitative estimate of drug-likeness (QED) is 0.880. The third kappa shape index (κ3) is 2.80. The van der Waals surface area contributed by atoms with Crippen LogP contribution in [0.15, 0.2) is 42.0 Å². The Morgan fingerprint density at radius 2 is 1.70 bits per heavy atom. The number of Topliss-reactive ketones (excluding diaryl/α,β-unsaturated/α-hetero) is 1. The third-order valence-corrected chi connectivity index (χ3v) is 4.06. The van der Waals surface area contributed by atoms with Crippen LogP contribution in [-0.2, 0) is 6.42 Å². The summed E-state index contributed by atoms with van der Waals surface area (Å²) in [6.45, 7) is 0. The summed E-state index contributed by atoms with van der Waals surface area (Å²) in [5.74, 6) is 0.648. The van der Waals surface area contributed by atoms with Gasteiger partial charge in [-0.3, -0.25) is 4.79 Å². The Morgan fingerprint density at radius 3 is 2.35 bits per heavy atom. The molecule has 0 fully saturated rings. The number of benzene rings is 2. The molecular weight excluding hydrogens is 292 g/mol. The van der Waals surface area contributed by atoms with Gasteiger partial charge in [0.05, 0.1) is 14.2 Å². The Labute approximate surface area is 135 Å². The van der Waals surface area contributed by atoms with Crippen molar-refractivity contribution < 1.29 is 19.4 Å². The van der Waals surface area contributed by atoms with Crippen molar-refractivity contribution in [3.8, 4) is 17.2 Å². The van der Waals surface area contributed by atoms with E-state index in [2.05, 4.69) is 0 Å². The number of hydrogen-bond acceptors (Lipinski definition) is 4. The van der Waals surface area contributed by atoms with E-state index in [9.17, 15) is 9.90 Å². The molecule has 0 spiro atoms. The van der Waals surface area contributed by atoms with E-state index in [0.717, 1.165) is 28.7 Å². The highest BCUT2D eigenvalue weighted by Crippen LogP contribution is 2.38. The molecule has 0 amide bonds. The van der Waals surface area contributed by atoms with E-state index >= 15 is 0 Å². The van der Waals surface area contributed by atoms with Crippen LogP contribution in [0.2, 0.25) is 0 Å². The van der Waals surface area contributed by atoms with Gasteiger partial charge in [0.15, 0.2) is 17.3 Å². The van der Waals surface area contributed by atoms with Crippen LogP contribution in [0.3, 0.4) is 0 Å². The van der Waals surface area contributed by atoms with Crippen LogP contribution < -0.4 is 9.47 Å². The molecule has 0 saturated carbocycles. The maximum atomic E-state index is 12.6. The highest BCUT2D eigenvalue weighted by atomic mass is 16.5. The minimum atomic E-state index is -0.0440. The highest BCUT2D eigenvalue weighted by molar-refractivity contribution is 6.13. The van der Waals surface area contributed by atoms with Crippen molar-refractivity contribution in [2.45, 2.75) is 12.8 Å². The summed E-state index contributed by atoms with van der Waals surface area (Å²) in [5, 5.41) is 9.96. The van der Waals surface area contributed by atoms with Gasteiger partial charge < -0.3 is 14.6 Å². The summed E-state index contributed by atoms with van der Waals surface area (Å²) >= 11 is 0. The summed E-state index contributed by atoms with van der Waals surface area (Å²) in [6, 6.07) is 11.1. The highest BCUT2D eigenvalue weighted by Gasteiger charge is 2.21. The number of ether oxygens (including phenoxy) is 2. The van der Waals surface area contributed by atoms with Crippen molar-refractivity contribution in [3.63, 3.8) is 0 Å². The fraction of sp³-hybridized carbons (Fsp3) is 0.211. The zero-order valence-corrected chi connectivity index (χ0v) is 13.1. The summed E-state index contributed by atoms with van der Waals surface area (Å²) in [7, 11) is 2.96. The number of carbonyl (C=O) groups excluding carboxylic acids is 1. The first-order valence-corrected chi connectivity index (χ1v) is 7.42. The Kier molecular flexibility index (Phi) is 4.06. The third-order valence-electron chi connectivity index (χ3n) is 4.06. The van der Waals surface area contributed by atoms with Crippen molar-refractivity contribution >= 4 is 11.9 Å². The number of carbonyl (C=O) groups is 1. The number of phenols is 1. The summed E-state index contributed by atoms with van der Waals surface area (Å²) in [5.41, 5.74) is 3.37. The molecule has 4 nitrogen and oxygen atoms in total. The standard InChI is InChI=1S/C19H18O4/c1-22-16-10-12(11-17(23-2)19(16)21)9-14-8-7-13-5-3-4-6-15(13)18(14)20/h3-6,9-11,21H,7-8H2,1-2H3/b14-9-. The Morgan fingerprint density at radius 1 is 1.04 bits per heavy atom. The van der Waals surface area contributed by atoms with Crippen molar-refractivity contribution in [1.29, 1.82) is 0 Å². The molecule has 0 aliphatic heterocycles. The van der Waals surface area contributed by atoms with Crippen molar-refractivity contribution in [1.82, 2.24) is 0 Å². The van der Waals surface area contributed by atoms with Gasteiger partial charge in [0.2, 0.25) is 5.75 Å². The number of methoxy groups -OCH3 is 2.